The molecule has 0 spiro atoms. The van der Waals surface area contributed by atoms with Crippen molar-refractivity contribution in [3.63, 3.8) is 0 Å². The summed E-state index contributed by atoms with van der Waals surface area (Å²) in [6, 6.07) is 2.21. The van der Waals surface area contributed by atoms with Gasteiger partial charge in [-0.05, 0) is 50.6 Å². The average molecular weight is 347 g/mol. The van der Waals surface area contributed by atoms with E-state index in [2.05, 4.69) is 15.5 Å². The van der Waals surface area contributed by atoms with Crippen molar-refractivity contribution in [2.45, 2.75) is 38.6 Å². The first kappa shape index (κ1) is 17.9. The number of likely N-dealkylation sites (tertiary alicyclic amines) is 1. The van der Waals surface area contributed by atoms with Crippen LogP contribution in [-0.4, -0.2) is 71.6 Å². The van der Waals surface area contributed by atoms with Gasteiger partial charge in [0.2, 0.25) is 5.91 Å². The van der Waals surface area contributed by atoms with Crippen LogP contribution in [0.15, 0.2) is 6.07 Å². The molecule has 3 atom stereocenters. The van der Waals surface area contributed by atoms with Crippen molar-refractivity contribution in [3.8, 4) is 0 Å². The van der Waals surface area contributed by atoms with E-state index >= 15 is 0 Å². The Labute approximate surface area is 149 Å². The second-order valence-corrected chi connectivity index (χ2v) is 7.70. The van der Waals surface area contributed by atoms with Crippen molar-refractivity contribution in [2.75, 3.05) is 33.7 Å². The minimum Gasteiger partial charge on any atom is -0.349 e. The Bertz CT molecular complexity index is 627. The monoisotopic (exact) mass is 347 g/mol. The third-order valence-corrected chi connectivity index (χ3v) is 5.42. The standard InChI is InChI=1S/C18H29N5O2/c1-12-7-16(21-20-12)18(25)23-10-13-8-14(11-23)15(19-9-13)5-4-6-17(24)22(2)3/h7,13-15,19H,4-6,8-11H2,1-3H3,(H,20,21)/t13-,14+,15+/m0/s1. The molecule has 2 aliphatic rings. The third kappa shape index (κ3) is 4.21. The van der Waals surface area contributed by atoms with Gasteiger partial charge >= 0.3 is 0 Å². The molecule has 2 saturated heterocycles. The molecular weight excluding hydrogens is 318 g/mol. The summed E-state index contributed by atoms with van der Waals surface area (Å²) in [5.74, 6) is 1.19. The number of carbonyl (C=O) groups is 2. The molecule has 0 aliphatic carbocycles. The van der Waals surface area contributed by atoms with Crippen molar-refractivity contribution in [1.29, 1.82) is 0 Å². The Hall–Kier alpha value is -1.89. The number of piperidine rings is 2. The highest BCUT2D eigenvalue weighted by Crippen LogP contribution is 2.31. The number of aromatic nitrogens is 2. The fourth-order valence-corrected chi connectivity index (χ4v) is 4.06. The van der Waals surface area contributed by atoms with E-state index in [-0.39, 0.29) is 11.8 Å². The average Bonchev–Trinajstić information content (AvgIpc) is 3.02. The molecule has 0 aromatic carbocycles. The van der Waals surface area contributed by atoms with Crippen molar-refractivity contribution in [1.82, 2.24) is 25.3 Å². The van der Waals surface area contributed by atoms with Gasteiger partial charge in [-0.3, -0.25) is 14.7 Å². The zero-order valence-corrected chi connectivity index (χ0v) is 15.4. The van der Waals surface area contributed by atoms with E-state index in [1.54, 1.807) is 19.0 Å². The molecule has 0 saturated carbocycles. The van der Waals surface area contributed by atoms with Crippen molar-refractivity contribution in [2.24, 2.45) is 11.8 Å². The predicted molar refractivity (Wildman–Crippen MR) is 95.2 cm³/mol. The number of amides is 2. The van der Waals surface area contributed by atoms with E-state index in [1.165, 1.54) is 6.42 Å². The Morgan fingerprint density at radius 1 is 1.36 bits per heavy atom. The number of hydrogen-bond donors (Lipinski definition) is 2. The number of aryl methyl sites for hydroxylation is 1. The van der Waals surface area contributed by atoms with E-state index in [4.69, 9.17) is 0 Å². The fraction of sp³-hybridized carbons (Fsp3) is 0.722. The molecule has 3 heterocycles. The second kappa shape index (κ2) is 7.56. The quantitative estimate of drug-likeness (QED) is 0.833. The maximum absolute atomic E-state index is 12.7. The molecule has 7 heteroatoms. The van der Waals surface area contributed by atoms with Crippen LogP contribution in [0.4, 0.5) is 0 Å². The van der Waals surface area contributed by atoms with E-state index in [9.17, 15) is 9.59 Å². The van der Waals surface area contributed by atoms with Gasteiger partial charge in [-0.25, -0.2) is 0 Å². The molecule has 1 aromatic heterocycles. The molecule has 7 nitrogen and oxygen atoms in total. The summed E-state index contributed by atoms with van der Waals surface area (Å²) in [6.45, 7) is 4.44. The molecule has 2 aliphatic heterocycles. The zero-order valence-electron chi connectivity index (χ0n) is 15.4. The number of nitrogens with one attached hydrogen (secondary N) is 2. The van der Waals surface area contributed by atoms with Gasteiger partial charge < -0.3 is 15.1 Å². The van der Waals surface area contributed by atoms with Gasteiger partial charge in [0.1, 0.15) is 5.69 Å². The highest BCUT2D eigenvalue weighted by atomic mass is 16.2. The largest absolute Gasteiger partial charge is 0.349 e. The maximum atomic E-state index is 12.7. The van der Waals surface area contributed by atoms with Crippen LogP contribution in [0, 0.1) is 18.8 Å². The lowest BCUT2D eigenvalue weighted by atomic mass is 9.79. The third-order valence-electron chi connectivity index (χ3n) is 5.42. The fourth-order valence-electron chi connectivity index (χ4n) is 4.06. The van der Waals surface area contributed by atoms with Crippen LogP contribution >= 0.6 is 0 Å². The van der Waals surface area contributed by atoms with E-state index in [1.807, 2.05) is 17.9 Å². The number of nitrogens with zero attached hydrogens (tertiary/aromatic N) is 3. The zero-order chi connectivity index (χ0) is 18.0. The highest BCUT2D eigenvalue weighted by molar-refractivity contribution is 5.92. The Balaban J connectivity index is 1.56. The number of rotatable bonds is 5. The van der Waals surface area contributed by atoms with E-state index in [0.29, 0.717) is 30.0 Å². The molecule has 25 heavy (non-hydrogen) atoms. The molecule has 3 rings (SSSR count). The number of carbonyl (C=O) groups excluding carboxylic acids is 2. The molecule has 138 valence electrons. The predicted octanol–water partition coefficient (Wildman–Crippen LogP) is 1.03. The van der Waals surface area contributed by atoms with Gasteiger partial charge in [-0.15, -0.1) is 0 Å². The topological polar surface area (TPSA) is 81.3 Å². The Morgan fingerprint density at radius 2 is 2.16 bits per heavy atom. The van der Waals surface area contributed by atoms with Crippen molar-refractivity contribution in [3.05, 3.63) is 17.5 Å². The molecular formula is C18H29N5O2. The lowest BCUT2D eigenvalue weighted by Gasteiger charge is -2.45. The minimum atomic E-state index is 0.0301. The Morgan fingerprint density at radius 3 is 2.84 bits per heavy atom. The highest BCUT2D eigenvalue weighted by Gasteiger charge is 2.38. The van der Waals surface area contributed by atoms with Gasteiger partial charge in [0.05, 0.1) is 0 Å². The normalized spacial score (nSPS) is 25.7. The Kier molecular flexibility index (Phi) is 5.42. The molecule has 0 unspecified atom stereocenters. The molecule has 1 aromatic rings. The summed E-state index contributed by atoms with van der Waals surface area (Å²) in [7, 11) is 3.60. The smallest absolute Gasteiger partial charge is 0.274 e. The lowest BCUT2D eigenvalue weighted by molar-refractivity contribution is -0.128. The van der Waals surface area contributed by atoms with Crippen molar-refractivity contribution < 1.29 is 9.59 Å². The van der Waals surface area contributed by atoms with Crippen LogP contribution in [0.25, 0.3) is 0 Å². The molecule has 2 fully saturated rings. The molecule has 0 radical (unpaired) electrons. The van der Waals surface area contributed by atoms with E-state index < -0.39 is 0 Å². The van der Waals surface area contributed by atoms with E-state index in [0.717, 1.165) is 38.2 Å². The van der Waals surface area contributed by atoms with Gasteiger partial charge in [0.25, 0.3) is 5.91 Å². The molecule has 2 N–H and O–H groups in total. The summed E-state index contributed by atoms with van der Waals surface area (Å²) in [6.07, 6.45) is 3.64. The van der Waals surface area contributed by atoms with Gasteiger partial charge in [0, 0.05) is 45.3 Å². The van der Waals surface area contributed by atoms with Gasteiger partial charge in [-0.1, -0.05) is 0 Å². The minimum absolute atomic E-state index is 0.0301. The van der Waals surface area contributed by atoms with Crippen LogP contribution in [0.2, 0.25) is 0 Å². The van der Waals surface area contributed by atoms with Gasteiger partial charge in [-0.2, -0.15) is 5.10 Å². The maximum Gasteiger partial charge on any atom is 0.274 e. The van der Waals surface area contributed by atoms with Crippen LogP contribution in [-0.2, 0) is 4.79 Å². The lowest BCUT2D eigenvalue weighted by Crippen LogP contribution is -2.57. The summed E-state index contributed by atoms with van der Waals surface area (Å²) in [5, 5.41) is 10.6. The summed E-state index contributed by atoms with van der Waals surface area (Å²) < 4.78 is 0. The summed E-state index contributed by atoms with van der Waals surface area (Å²) in [4.78, 5) is 28.1. The summed E-state index contributed by atoms with van der Waals surface area (Å²) >= 11 is 0. The number of H-pyrrole nitrogens is 1. The first-order valence-corrected chi connectivity index (χ1v) is 9.19. The number of hydrogen-bond acceptors (Lipinski definition) is 4. The number of fused-ring (bicyclic) bond motifs is 2. The second-order valence-electron chi connectivity index (χ2n) is 7.70. The molecule has 2 amide bonds. The SMILES string of the molecule is Cc1cc(C(=O)N2C[C@@H]3CN[C@H](CCCC(=O)N(C)C)[C@H](C3)C2)n[nH]1. The van der Waals surface area contributed by atoms with Gasteiger partial charge in [0.15, 0.2) is 0 Å². The number of aromatic amines is 1. The van der Waals surface area contributed by atoms with Crippen LogP contribution < -0.4 is 5.32 Å². The van der Waals surface area contributed by atoms with Crippen molar-refractivity contribution >= 4 is 11.8 Å². The summed E-state index contributed by atoms with van der Waals surface area (Å²) in [5.41, 5.74) is 1.42. The first-order valence-electron chi connectivity index (χ1n) is 9.19. The van der Waals surface area contributed by atoms with Crippen LogP contribution in [0.1, 0.15) is 41.9 Å². The van der Waals surface area contributed by atoms with Crippen LogP contribution in [0.3, 0.4) is 0 Å². The first-order chi connectivity index (χ1) is 11.9. The van der Waals surface area contributed by atoms with Crippen LogP contribution in [0.5, 0.6) is 0 Å². The molecule has 2 bridgehead atoms.